The minimum Gasteiger partial charge on any atom is -0.494 e. The molecule has 1 aliphatic carbocycles. The third kappa shape index (κ3) is 6.30. The molecule has 3 aromatic rings. The summed E-state index contributed by atoms with van der Waals surface area (Å²) in [6, 6.07) is 12.6. The smallest absolute Gasteiger partial charge is 0.418 e. The molecule has 4 rings (SSSR count). The fraction of sp³-hybridized carbons (Fsp3) is 0.357. The lowest BCUT2D eigenvalue weighted by Gasteiger charge is -2.16. The summed E-state index contributed by atoms with van der Waals surface area (Å²) in [6.45, 7) is 0.836. The predicted molar refractivity (Wildman–Crippen MR) is 136 cm³/mol. The Morgan fingerprint density at radius 1 is 1.08 bits per heavy atom. The minimum atomic E-state index is -4.58. The Hall–Kier alpha value is -3.95. The quantitative estimate of drug-likeness (QED) is 0.287. The van der Waals surface area contributed by atoms with Crippen molar-refractivity contribution in [1.82, 2.24) is 4.98 Å². The number of carboxylic acids is 1. The van der Waals surface area contributed by atoms with Crippen LogP contribution in [-0.2, 0) is 17.4 Å². The number of hydrogen-bond donors (Lipinski definition) is 2. The number of aryl methyl sites for hydroxylation is 1. The highest BCUT2D eigenvalue weighted by Gasteiger charge is 2.35. The van der Waals surface area contributed by atoms with E-state index in [4.69, 9.17) is 19.3 Å². The topological polar surface area (TPSA) is 89.9 Å². The predicted octanol–water partition coefficient (Wildman–Crippen LogP) is 6.17. The maximum atomic E-state index is 13.7. The number of aliphatic carboxylic acids is 1. The monoisotopic (exact) mass is 530 g/mol. The summed E-state index contributed by atoms with van der Waals surface area (Å²) in [5.74, 6) is 0.977. The Morgan fingerprint density at radius 2 is 1.87 bits per heavy atom. The summed E-state index contributed by atoms with van der Waals surface area (Å²) < 4.78 is 57.4. The van der Waals surface area contributed by atoms with Crippen LogP contribution >= 0.6 is 0 Å². The van der Waals surface area contributed by atoms with Gasteiger partial charge in [0.2, 0.25) is 0 Å². The molecular weight excluding hydrogens is 501 g/mol. The van der Waals surface area contributed by atoms with Gasteiger partial charge in [0.05, 0.1) is 38.5 Å². The van der Waals surface area contributed by atoms with Gasteiger partial charge in [-0.25, -0.2) is 4.98 Å². The number of carboxylic acid groups (broad SMARTS) is 1. The van der Waals surface area contributed by atoms with Crippen molar-refractivity contribution < 1.29 is 37.3 Å². The van der Waals surface area contributed by atoms with Crippen molar-refractivity contribution in [2.45, 2.75) is 37.8 Å². The van der Waals surface area contributed by atoms with Gasteiger partial charge in [-0.3, -0.25) is 4.79 Å². The number of hydrogen-bond acceptors (Lipinski definition) is 6. The van der Waals surface area contributed by atoms with Crippen molar-refractivity contribution in [2.24, 2.45) is 0 Å². The van der Waals surface area contributed by atoms with Crippen molar-refractivity contribution >= 4 is 11.8 Å². The van der Waals surface area contributed by atoms with Crippen LogP contribution in [-0.4, -0.2) is 43.4 Å². The van der Waals surface area contributed by atoms with Gasteiger partial charge in [-0.1, -0.05) is 6.07 Å². The number of ether oxygens (including phenoxy) is 3. The summed E-state index contributed by atoms with van der Waals surface area (Å²) in [5, 5.41) is 12.1. The summed E-state index contributed by atoms with van der Waals surface area (Å²) >= 11 is 0. The molecule has 0 spiro atoms. The fourth-order valence-electron chi connectivity index (χ4n) is 4.66. The first-order chi connectivity index (χ1) is 18.2. The molecule has 0 unspecified atom stereocenters. The van der Waals surface area contributed by atoms with E-state index in [2.05, 4.69) is 10.3 Å². The third-order valence-electron chi connectivity index (χ3n) is 6.49. The number of aromatic nitrogens is 1. The highest BCUT2D eigenvalue weighted by molar-refractivity contribution is 5.69. The number of anilines is 1. The van der Waals surface area contributed by atoms with Gasteiger partial charge in [0.15, 0.2) is 11.5 Å². The van der Waals surface area contributed by atoms with E-state index < -0.39 is 17.7 Å². The molecule has 1 atom stereocenters. The summed E-state index contributed by atoms with van der Waals surface area (Å²) in [7, 11) is 2.87. The fourth-order valence-corrected chi connectivity index (χ4v) is 4.66. The summed E-state index contributed by atoms with van der Waals surface area (Å²) in [4.78, 5) is 15.3. The number of pyridine rings is 1. The van der Waals surface area contributed by atoms with E-state index in [1.54, 1.807) is 6.07 Å². The van der Waals surface area contributed by atoms with Crippen molar-refractivity contribution in [2.75, 3.05) is 32.7 Å². The molecule has 2 N–H and O–H groups in total. The molecule has 202 valence electrons. The summed E-state index contributed by atoms with van der Waals surface area (Å²) in [5.41, 5.74) is 1.38. The molecule has 0 radical (unpaired) electrons. The van der Waals surface area contributed by atoms with Gasteiger partial charge >= 0.3 is 12.1 Å². The highest BCUT2D eigenvalue weighted by Crippen LogP contribution is 2.40. The molecule has 2 aromatic carbocycles. The first-order valence-corrected chi connectivity index (χ1v) is 12.2. The zero-order valence-corrected chi connectivity index (χ0v) is 21.1. The van der Waals surface area contributed by atoms with E-state index in [9.17, 15) is 18.0 Å². The number of alkyl halides is 3. The van der Waals surface area contributed by atoms with Crippen LogP contribution in [0.4, 0.5) is 19.0 Å². The zero-order chi connectivity index (χ0) is 27.3. The first kappa shape index (κ1) is 27.1. The van der Waals surface area contributed by atoms with Gasteiger partial charge in [0.25, 0.3) is 0 Å². The van der Waals surface area contributed by atoms with E-state index in [1.165, 1.54) is 32.4 Å². The minimum absolute atomic E-state index is 0.0425. The lowest BCUT2D eigenvalue weighted by molar-refractivity contribution is -0.138. The highest BCUT2D eigenvalue weighted by atomic mass is 19.4. The van der Waals surface area contributed by atoms with E-state index in [-0.39, 0.29) is 23.6 Å². The Bertz CT molecular complexity index is 1300. The van der Waals surface area contributed by atoms with Gasteiger partial charge in [0.1, 0.15) is 11.6 Å². The van der Waals surface area contributed by atoms with E-state index in [0.29, 0.717) is 42.6 Å². The Labute approximate surface area is 218 Å². The van der Waals surface area contributed by atoms with Crippen molar-refractivity contribution in [3.63, 3.8) is 0 Å². The molecule has 0 saturated carbocycles. The second-order valence-electron chi connectivity index (χ2n) is 8.98. The van der Waals surface area contributed by atoms with Crippen LogP contribution in [0.3, 0.4) is 0 Å². The average molecular weight is 531 g/mol. The van der Waals surface area contributed by atoms with E-state index in [0.717, 1.165) is 30.0 Å². The van der Waals surface area contributed by atoms with Crippen molar-refractivity contribution in [3.8, 4) is 28.5 Å². The van der Waals surface area contributed by atoms with Gasteiger partial charge in [-0.05, 0) is 78.8 Å². The van der Waals surface area contributed by atoms with Crippen LogP contribution in [0.5, 0.6) is 17.2 Å². The molecule has 1 aliphatic rings. The molecule has 1 aromatic heterocycles. The van der Waals surface area contributed by atoms with Crippen LogP contribution in [0.25, 0.3) is 11.3 Å². The number of rotatable bonds is 11. The zero-order valence-electron chi connectivity index (χ0n) is 21.1. The van der Waals surface area contributed by atoms with E-state index in [1.807, 2.05) is 18.2 Å². The van der Waals surface area contributed by atoms with Gasteiger partial charge in [-0.2, -0.15) is 13.2 Å². The van der Waals surface area contributed by atoms with Crippen LogP contribution in [0.15, 0.2) is 48.5 Å². The van der Waals surface area contributed by atoms with Gasteiger partial charge in [-0.15, -0.1) is 0 Å². The molecule has 0 saturated heterocycles. The number of nitrogens with zero attached hydrogens (tertiary/aromatic N) is 1. The number of nitrogens with one attached hydrogen (secondary N) is 1. The summed E-state index contributed by atoms with van der Waals surface area (Å²) in [6.07, 6.45) is -2.21. The second kappa shape index (κ2) is 11.6. The van der Waals surface area contributed by atoms with Crippen LogP contribution in [0, 0.1) is 0 Å². The molecule has 0 fully saturated rings. The van der Waals surface area contributed by atoms with Gasteiger partial charge < -0.3 is 24.6 Å². The Kier molecular flexibility index (Phi) is 8.29. The SMILES string of the molecule is COc1ccc(-c2nc(NCCCOc3ccc4c(c3)CC[C@H]4CC(=O)O)ccc2C(F)(F)F)cc1OC. The first-order valence-electron chi connectivity index (χ1n) is 12.2. The molecular formula is C28H29F3N2O5. The number of carbonyl (C=O) groups is 1. The maximum Gasteiger partial charge on any atom is 0.418 e. The van der Waals surface area contributed by atoms with Crippen LogP contribution < -0.4 is 19.5 Å². The van der Waals surface area contributed by atoms with Crippen molar-refractivity contribution in [3.05, 3.63) is 65.2 Å². The largest absolute Gasteiger partial charge is 0.494 e. The Morgan fingerprint density at radius 3 is 2.58 bits per heavy atom. The molecule has 38 heavy (non-hydrogen) atoms. The molecule has 0 aliphatic heterocycles. The number of benzene rings is 2. The van der Waals surface area contributed by atoms with Crippen LogP contribution in [0.1, 0.15) is 41.9 Å². The Balaban J connectivity index is 1.38. The number of methoxy groups -OCH3 is 2. The van der Waals surface area contributed by atoms with Crippen molar-refractivity contribution in [1.29, 1.82) is 0 Å². The average Bonchev–Trinajstić information content (AvgIpc) is 3.28. The van der Waals surface area contributed by atoms with Gasteiger partial charge in [0, 0.05) is 12.1 Å². The standard InChI is InChI=1S/C28H29F3N2O5/c1-36-23-10-6-19(15-24(23)37-2)27-22(28(29,30)31)9-11-25(33-27)32-12-3-13-38-20-7-8-21-17(14-20)4-5-18(21)16-26(34)35/h6-11,14-15,18H,3-5,12-13,16H2,1-2H3,(H,32,33)(H,34,35)/t18-/m0/s1. The lowest BCUT2D eigenvalue weighted by Crippen LogP contribution is -2.12. The molecule has 10 heteroatoms. The molecule has 0 bridgehead atoms. The lowest BCUT2D eigenvalue weighted by atomic mass is 9.98. The second-order valence-corrected chi connectivity index (χ2v) is 8.98. The molecule has 0 amide bonds. The normalized spacial score (nSPS) is 14.6. The van der Waals surface area contributed by atoms with Crippen LogP contribution in [0.2, 0.25) is 0 Å². The number of halogens is 3. The third-order valence-corrected chi connectivity index (χ3v) is 6.49. The number of fused-ring (bicyclic) bond motifs is 1. The molecule has 1 heterocycles. The molecule has 7 nitrogen and oxygen atoms in total. The maximum absolute atomic E-state index is 13.7. The van der Waals surface area contributed by atoms with E-state index >= 15 is 0 Å².